The second-order valence-electron chi connectivity index (χ2n) is 9.13. The molecule has 1 fully saturated rings. The standard InChI is InChI=1S/C26H34ClN3O4S/c1-4-24(26(32)28-21-10-6-7-11-21)29(17-20-9-5-8-12-23(20)27)25(31)18-30(35(3,33)34)22-15-13-19(2)14-16-22/h5,8-9,12-16,21,24H,4,6-7,10-11,17-18H2,1-3H3,(H,28,32)/t24-/m1/s1. The lowest BCUT2D eigenvalue weighted by molar-refractivity contribution is -0.140. The van der Waals surface area contributed by atoms with E-state index in [9.17, 15) is 18.0 Å². The molecule has 1 aliphatic rings. The molecule has 1 atom stereocenters. The molecule has 1 aliphatic carbocycles. The largest absolute Gasteiger partial charge is 0.352 e. The highest BCUT2D eigenvalue weighted by Crippen LogP contribution is 2.23. The van der Waals surface area contributed by atoms with Crippen LogP contribution in [0, 0.1) is 6.92 Å². The van der Waals surface area contributed by atoms with Gasteiger partial charge >= 0.3 is 0 Å². The molecule has 0 saturated heterocycles. The molecule has 0 bridgehead atoms. The summed E-state index contributed by atoms with van der Waals surface area (Å²) >= 11 is 6.38. The van der Waals surface area contributed by atoms with Gasteiger partial charge < -0.3 is 10.2 Å². The quantitative estimate of drug-likeness (QED) is 0.507. The number of benzene rings is 2. The van der Waals surface area contributed by atoms with Crippen molar-refractivity contribution < 1.29 is 18.0 Å². The zero-order valence-corrected chi connectivity index (χ0v) is 22.1. The summed E-state index contributed by atoms with van der Waals surface area (Å²) in [7, 11) is -3.75. The maximum atomic E-state index is 13.7. The monoisotopic (exact) mass is 519 g/mol. The molecule has 2 amide bonds. The molecule has 7 nitrogen and oxygen atoms in total. The predicted molar refractivity (Wildman–Crippen MR) is 140 cm³/mol. The third-order valence-electron chi connectivity index (χ3n) is 6.39. The molecule has 190 valence electrons. The van der Waals surface area contributed by atoms with Crippen molar-refractivity contribution in [3.63, 3.8) is 0 Å². The normalized spacial score (nSPS) is 15.0. The van der Waals surface area contributed by atoms with Crippen LogP contribution in [-0.2, 0) is 26.2 Å². The molecular formula is C26H34ClN3O4S. The molecule has 0 aliphatic heterocycles. The second kappa shape index (κ2) is 11.9. The van der Waals surface area contributed by atoms with E-state index in [-0.39, 0.29) is 18.5 Å². The van der Waals surface area contributed by atoms with Gasteiger partial charge in [0.15, 0.2) is 0 Å². The third kappa shape index (κ3) is 7.21. The van der Waals surface area contributed by atoms with Crippen LogP contribution in [0.15, 0.2) is 48.5 Å². The summed E-state index contributed by atoms with van der Waals surface area (Å²) in [6.07, 6.45) is 5.46. The lowest BCUT2D eigenvalue weighted by Gasteiger charge is -2.33. The number of sulfonamides is 1. The maximum Gasteiger partial charge on any atom is 0.244 e. The first-order valence-electron chi connectivity index (χ1n) is 12.0. The van der Waals surface area contributed by atoms with Crippen molar-refractivity contribution in [2.45, 2.75) is 64.6 Å². The molecule has 9 heteroatoms. The van der Waals surface area contributed by atoms with E-state index in [1.807, 2.05) is 19.9 Å². The molecular weight excluding hydrogens is 486 g/mol. The van der Waals surface area contributed by atoms with Crippen molar-refractivity contribution in [3.8, 4) is 0 Å². The molecule has 2 aromatic rings. The number of hydrogen-bond donors (Lipinski definition) is 1. The van der Waals surface area contributed by atoms with E-state index in [1.165, 1.54) is 4.90 Å². The summed E-state index contributed by atoms with van der Waals surface area (Å²) in [5, 5.41) is 3.57. The first-order chi connectivity index (χ1) is 16.6. The summed E-state index contributed by atoms with van der Waals surface area (Å²) in [6.45, 7) is 3.43. The number of aryl methyl sites for hydroxylation is 1. The van der Waals surface area contributed by atoms with Crippen LogP contribution in [0.4, 0.5) is 5.69 Å². The van der Waals surface area contributed by atoms with Gasteiger partial charge in [0.2, 0.25) is 21.8 Å². The number of hydrogen-bond acceptors (Lipinski definition) is 4. The second-order valence-corrected chi connectivity index (χ2v) is 11.4. The molecule has 2 aromatic carbocycles. The highest BCUT2D eigenvalue weighted by molar-refractivity contribution is 7.92. The topological polar surface area (TPSA) is 86.8 Å². The average molecular weight is 520 g/mol. The highest BCUT2D eigenvalue weighted by atomic mass is 35.5. The van der Waals surface area contributed by atoms with Gasteiger partial charge in [0.25, 0.3) is 0 Å². The minimum atomic E-state index is -3.75. The van der Waals surface area contributed by atoms with Crippen molar-refractivity contribution in [2.24, 2.45) is 0 Å². The van der Waals surface area contributed by atoms with Crippen molar-refractivity contribution in [2.75, 3.05) is 17.1 Å². The van der Waals surface area contributed by atoms with Crippen LogP contribution in [0.25, 0.3) is 0 Å². The Morgan fingerprint density at radius 3 is 2.29 bits per heavy atom. The van der Waals surface area contributed by atoms with Crippen molar-refractivity contribution in [1.82, 2.24) is 10.2 Å². The molecule has 1 N–H and O–H groups in total. The fourth-order valence-electron chi connectivity index (χ4n) is 4.42. The SMILES string of the molecule is CC[C@H](C(=O)NC1CCCC1)N(Cc1ccccc1Cl)C(=O)CN(c1ccc(C)cc1)S(C)(=O)=O. The molecule has 0 spiro atoms. The zero-order valence-electron chi connectivity index (χ0n) is 20.5. The molecule has 0 unspecified atom stereocenters. The lowest BCUT2D eigenvalue weighted by atomic mass is 10.1. The maximum absolute atomic E-state index is 13.7. The Morgan fingerprint density at radius 1 is 1.09 bits per heavy atom. The lowest BCUT2D eigenvalue weighted by Crippen LogP contribution is -2.53. The van der Waals surface area contributed by atoms with Crippen molar-refractivity contribution in [3.05, 3.63) is 64.7 Å². The van der Waals surface area contributed by atoms with Gasteiger partial charge in [-0.3, -0.25) is 13.9 Å². The Morgan fingerprint density at radius 2 is 1.71 bits per heavy atom. The van der Waals surface area contributed by atoms with E-state index >= 15 is 0 Å². The minimum absolute atomic E-state index is 0.0978. The summed E-state index contributed by atoms with van der Waals surface area (Å²) in [6, 6.07) is 13.4. The van der Waals surface area contributed by atoms with Gasteiger partial charge in [-0.15, -0.1) is 0 Å². The minimum Gasteiger partial charge on any atom is -0.352 e. The molecule has 35 heavy (non-hydrogen) atoms. The van der Waals surface area contributed by atoms with E-state index < -0.39 is 28.5 Å². The smallest absolute Gasteiger partial charge is 0.244 e. The van der Waals surface area contributed by atoms with E-state index in [0.29, 0.717) is 22.7 Å². The van der Waals surface area contributed by atoms with Crippen molar-refractivity contribution >= 4 is 39.1 Å². The number of nitrogens with zero attached hydrogens (tertiary/aromatic N) is 2. The number of rotatable bonds is 10. The van der Waals surface area contributed by atoms with E-state index in [1.54, 1.807) is 42.5 Å². The first-order valence-corrected chi connectivity index (χ1v) is 14.2. The van der Waals surface area contributed by atoms with Crippen molar-refractivity contribution in [1.29, 1.82) is 0 Å². The van der Waals surface area contributed by atoms with Crippen LogP contribution in [0.1, 0.15) is 50.2 Å². The summed E-state index contributed by atoms with van der Waals surface area (Å²) in [4.78, 5) is 28.4. The summed E-state index contributed by atoms with van der Waals surface area (Å²) < 4.78 is 26.4. The molecule has 1 saturated carbocycles. The van der Waals surface area contributed by atoms with Crippen LogP contribution in [-0.4, -0.2) is 50.0 Å². The number of nitrogens with one attached hydrogen (secondary N) is 1. The Kier molecular flexibility index (Phi) is 9.19. The van der Waals surface area contributed by atoms with Gasteiger partial charge in [-0.2, -0.15) is 0 Å². The van der Waals surface area contributed by atoms with Gasteiger partial charge in [-0.1, -0.05) is 67.3 Å². The highest BCUT2D eigenvalue weighted by Gasteiger charge is 2.33. The van der Waals surface area contributed by atoms with Gasteiger partial charge in [0.1, 0.15) is 12.6 Å². The molecule has 3 rings (SSSR count). The number of carbonyl (C=O) groups excluding carboxylic acids is 2. The van der Waals surface area contributed by atoms with Gasteiger partial charge in [-0.25, -0.2) is 8.42 Å². The zero-order chi connectivity index (χ0) is 25.6. The van der Waals surface area contributed by atoms with Crippen LogP contribution >= 0.6 is 11.6 Å². The fourth-order valence-corrected chi connectivity index (χ4v) is 5.47. The average Bonchev–Trinajstić information content (AvgIpc) is 3.31. The number of anilines is 1. The number of carbonyl (C=O) groups is 2. The van der Waals surface area contributed by atoms with E-state index in [2.05, 4.69) is 5.32 Å². The summed E-state index contributed by atoms with van der Waals surface area (Å²) in [5.41, 5.74) is 2.06. The third-order valence-corrected chi connectivity index (χ3v) is 7.90. The Balaban J connectivity index is 1.92. The van der Waals surface area contributed by atoms with Gasteiger partial charge in [0.05, 0.1) is 11.9 Å². The molecule has 0 heterocycles. The molecule has 0 aromatic heterocycles. The number of amides is 2. The molecule has 0 radical (unpaired) electrons. The Hall–Kier alpha value is -2.58. The van der Waals surface area contributed by atoms with Crippen LogP contribution < -0.4 is 9.62 Å². The van der Waals surface area contributed by atoms with E-state index in [4.69, 9.17) is 11.6 Å². The fraction of sp³-hybridized carbons (Fsp3) is 0.462. The first kappa shape index (κ1) is 27.0. The van der Waals surface area contributed by atoms with Gasteiger partial charge in [-0.05, 0) is 49.9 Å². The Bertz CT molecular complexity index is 1130. The predicted octanol–water partition coefficient (Wildman–Crippen LogP) is 4.28. The Labute approximate surface area is 213 Å². The van der Waals surface area contributed by atoms with Crippen LogP contribution in [0.2, 0.25) is 5.02 Å². The van der Waals surface area contributed by atoms with Gasteiger partial charge in [0, 0.05) is 17.6 Å². The summed E-state index contributed by atoms with van der Waals surface area (Å²) in [5.74, 6) is -0.689. The van der Waals surface area contributed by atoms with Crippen LogP contribution in [0.5, 0.6) is 0 Å². The van der Waals surface area contributed by atoms with E-state index in [0.717, 1.165) is 41.8 Å². The number of halogens is 1. The van der Waals surface area contributed by atoms with Crippen LogP contribution in [0.3, 0.4) is 0 Å².